The molecule has 142 valence electrons. The van der Waals surface area contributed by atoms with Gasteiger partial charge in [-0.3, -0.25) is 4.79 Å². The zero-order chi connectivity index (χ0) is 17.7. The fourth-order valence-electron chi connectivity index (χ4n) is 2.59. The van der Waals surface area contributed by atoms with E-state index in [4.69, 9.17) is 5.73 Å². The van der Waals surface area contributed by atoms with Crippen molar-refractivity contribution in [3.8, 4) is 5.88 Å². The van der Waals surface area contributed by atoms with E-state index >= 15 is 0 Å². The highest BCUT2D eigenvalue weighted by Crippen LogP contribution is 2.25. The van der Waals surface area contributed by atoms with Crippen LogP contribution in [0.1, 0.15) is 29.6 Å². The van der Waals surface area contributed by atoms with E-state index in [2.05, 4.69) is 15.0 Å². The molecular weight excluding hydrogens is 366 g/mol. The van der Waals surface area contributed by atoms with Crippen molar-refractivity contribution in [3.05, 3.63) is 23.9 Å². The van der Waals surface area contributed by atoms with Crippen molar-refractivity contribution < 1.29 is 27.1 Å². The van der Waals surface area contributed by atoms with Crippen LogP contribution >= 0.6 is 12.4 Å². The van der Waals surface area contributed by atoms with Gasteiger partial charge in [-0.05, 0) is 31.4 Å². The molecule has 1 heterocycles. The highest BCUT2D eigenvalue weighted by molar-refractivity contribution is 5.94. The first-order valence-corrected chi connectivity index (χ1v) is 7.59. The molecule has 1 fully saturated rings. The first-order valence-electron chi connectivity index (χ1n) is 7.59. The lowest BCUT2D eigenvalue weighted by molar-refractivity contribution is -0.148. The summed E-state index contributed by atoms with van der Waals surface area (Å²) in [6.07, 6.45) is 0.147. The molecule has 1 aromatic heterocycles. The second-order valence-corrected chi connectivity index (χ2v) is 5.74. The number of alkyl halides is 4. The van der Waals surface area contributed by atoms with E-state index in [1.54, 1.807) is 0 Å². The summed E-state index contributed by atoms with van der Waals surface area (Å²) < 4.78 is 54.1. The summed E-state index contributed by atoms with van der Waals surface area (Å²) in [6.45, 7) is -0.988. The molecule has 0 saturated heterocycles. The van der Waals surface area contributed by atoms with Gasteiger partial charge in [-0.2, -0.15) is 8.78 Å². The highest BCUT2D eigenvalue weighted by atomic mass is 35.5. The molecule has 0 radical (unpaired) electrons. The minimum absolute atomic E-state index is 0. The van der Waals surface area contributed by atoms with E-state index in [1.165, 1.54) is 12.1 Å². The Kier molecular flexibility index (Phi) is 7.88. The highest BCUT2D eigenvalue weighted by Gasteiger charge is 2.41. The number of carbonyl (C=O) groups excluding carboxylic acids is 1. The van der Waals surface area contributed by atoms with Crippen molar-refractivity contribution in [2.75, 3.05) is 13.2 Å². The van der Waals surface area contributed by atoms with E-state index in [0.717, 1.165) is 25.5 Å². The molecule has 3 N–H and O–H groups in total. The Morgan fingerprint density at radius 2 is 2.12 bits per heavy atom. The zero-order valence-corrected chi connectivity index (χ0v) is 14.1. The predicted molar refractivity (Wildman–Crippen MR) is 85.6 cm³/mol. The molecule has 1 aromatic rings. The van der Waals surface area contributed by atoms with Crippen molar-refractivity contribution in [2.45, 2.75) is 37.7 Å². The number of aromatic nitrogens is 1. The monoisotopic (exact) mass is 385 g/mol. The predicted octanol–water partition coefficient (Wildman–Crippen LogP) is 2.64. The number of carbonyl (C=O) groups is 1. The summed E-state index contributed by atoms with van der Waals surface area (Å²) in [5.74, 6) is -4.62. The number of nitrogens with zero attached hydrogens (tertiary/aromatic N) is 1. The number of ether oxygens (including phenoxy) is 1. The SMILES string of the molecule is Cl.NCC1CCCC1NC(=O)c1ccc(OCC(F)(F)C(F)F)nc1. The molecule has 1 aliphatic rings. The largest absolute Gasteiger partial charge is 0.471 e. The van der Waals surface area contributed by atoms with Crippen LogP contribution in [0.5, 0.6) is 5.88 Å². The third kappa shape index (κ3) is 5.71. The van der Waals surface area contributed by atoms with Crippen molar-refractivity contribution in [1.82, 2.24) is 10.3 Å². The Balaban J connectivity index is 0.00000312. The molecule has 0 aromatic carbocycles. The van der Waals surface area contributed by atoms with Crippen LogP contribution in [-0.2, 0) is 0 Å². The molecule has 1 amide bonds. The van der Waals surface area contributed by atoms with Crippen LogP contribution in [-0.4, -0.2) is 42.4 Å². The van der Waals surface area contributed by atoms with Crippen LogP contribution in [0.2, 0.25) is 0 Å². The fourth-order valence-corrected chi connectivity index (χ4v) is 2.59. The minimum atomic E-state index is -4.25. The van der Waals surface area contributed by atoms with E-state index in [-0.39, 0.29) is 41.7 Å². The van der Waals surface area contributed by atoms with Crippen LogP contribution in [0.15, 0.2) is 18.3 Å². The maximum absolute atomic E-state index is 12.8. The Hall–Kier alpha value is -1.61. The average molecular weight is 386 g/mol. The molecule has 2 rings (SSSR count). The van der Waals surface area contributed by atoms with Crippen LogP contribution in [0.3, 0.4) is 0 Å². The summed E-state index contributed by atoms with van der Waals surface area (Å²) in [7, 11) is 0. The van der Waals surface area contributed by atoms with Gasteiger partial charge >= 0.3 is 12.3 Å². The van der Waals surface area contributed by atoms with Gasteiger partial charge in [0.2, 0.25) is 5.88 Å². The molecular formula is C15H20ClF4N3O2. The molecule has 10 heteroatoms. The smallest absolute Gasteiger partial charge is 0.340 e. The summed E-state index contributed by atoms with van der Waals surface area (Å²) in [6, 6.07) is 2.53. The van der Waals surface area contributed by atoms with Gasteiger partial charge in [0.25, 0.3) is 5.91 Å². The number of pyridine rings is 1. The second kappa shape index (κ2) is 9.19. The first kappa shape index (κ1) is 21.4. The molecule has 2 atom stereocenters. The maximum atomic E-state index is 12.8. The molecule has 25 heavy (non-hydrogen) atoms. The number of hydrogen-bond acceptors (Lipinski definition) is 4. The van der Waals surface area contributed by atoms with Crippen molar-refractivity contribution in [3.63, 3.8) is 0 Å². The van der Waals surface area contributed by atoms with Gasteiger partial charge in [0.15, 0.2) is 6.61 Å². The van der Waals surface area contributed by atoms with E-state index in [1.807, 2.05) is 0 Å². The maximum Gasteiger partial charge on any atom is 0.340 e. The van der Waals surface area contributed by atoms with Crippen molar-refractivity contribution in [1.29, 1.82) is 0 Å². The zero-order valence-electron chi connectivity index (χ0n) is 13.3. The number of halogens is 5. The molecule has 1 saturated carbocycles. The quantitative estimate of drug-likeness (QED) is 0.707. The third-order valence-corrected chi connectivity index (χ3v) is 4.01. The summed E-state index contributed by atoms with van der Waals surface area (Å²) in [4.78, 5) is 15.8. The molecule has 5 nitrogen and oxygen atoms in total. The van der Waals surface area contributed by atoms with Gasteiger partial charge < -0.3 is 15.8 Å². The van der Waals surface area contributed by atoms with Crippen molar-refractivity contribution >= 4 is 18.3 Å². The second-order valence-electron chi connectivity index (χ2n) is 5.74. The minimum Gasteiger partial charge on any atom is -0.471 e. The Morgan fingerprint density at radius 1 is 1.40 bits per heavy atom. The lowest BCUT2D eigenvalue weighted by atomic mass is 10.0. The normalized spacial score (nSPS) is 20.2. The van der Waals surface area contributed by atoms with Crippen LogP contribution < -0.4 is 15.8 Å². The van der Waals surface area contributed by atoms with Gasteiger partial charge in [-0.1, -0.05) is 6.42 Å². The number of hydrogen-bond donors (Lipinski definition) is 2. The first-order chi connectivity index (χ1) is 11.3. The van der Waals surface area contributed by atoms with E-state index in [9.17, 15) is 22.4 Å². The third-order valence-electron chi connectivity index (χ3n) is 4.01. The lowest BCUT2D eigenvalue weighted by Crippen LogP contribution is -2.39. The van der Waals surface area contributed by atoms with Gasteiger partial charge in [-0.25, -0.2) is 13.8 Å². The van der Waals surface area contributed by atoms with E-state index in [0.29, 0.717) is 6.54 Å². The number of nitrogens with one attached hydrogen (secondary N) is 1. The van der Waals surface area contributed by atoms with Crippen LogP contribution in [0, 0.1) is 5.92 Å². The number of nitrogens with two attached hydrogens (primary N) is 1. The molecule has 0 aliphatic heterocycles. The summed E-state index contributed by atoms with van der Waals surface area (Å²) >= 11 is 0. The number of rotatable bonds is 7. The standard InChI is InChI=1S/C15H19F4N3O2.ClH/c16-14(17)15(18,19)8-24-12-5-4-10(7-21-12)13(23)22-11-3-1-2-9(11)6-20;/h4-5,7,9,11,14H,1-3,6,8,20H2,(H,22,23);1H. The van der Waals surface area contributed by atoms with Crippen LogP contribution in [0.25, 0.3) is 0 Å². The molecule has 1 aliphatic carbocycles. The van der Waals surface area contributed by atoms with Crippen LogP contribution in [0.4, 0.5) is 17.6 Å². The average Bonchev–Trinajstić information content (AvgIpc) is 3.00. The van der Waals surface area contributed by atoms with E-state index < -0.39 is 19.0 Å². The van der Waals surface area contributed by atoms with Gasteiger partial charge in [-0.15, -0.1) is 12.4 Å². The Morgan fingerprint density at radius 3 is 2.68 bits per heavy atom. The summed E-state index contributed by atoms with van der Waals surface area (Å²) in [5, 5.41) is 2.87. The van der Waals surface area contributed by atoms with Gasteiger partial charge in [0.05, 0.1) is 5.56 Å². The van der Waals surface area contributed by atoms with Gasteiger partial charge in [0, 0.05) is 18.3 Å². The molecule has 0 bridgehead atoms. The van der Waals surface area contributed by atoms with Gasteiger partial charge in [0.1, 0.15) is 0 Å². The van der Waals surface area contributed by atoms with Crippen molar-refractivity contribution in [2.24, 2.45) is 11.7 Å². The Bertz CT molecular complexity index is 560. The summed E-state index contributed by atoms with van der Waals surface area (Å²) in [5.41, 5.74) is 5.88. The Labute approximate surface area is 148 Å². The molecule has 0 spiro atoms. The lowest BCUT2D eigenvalue weighted by Gasteiger charge is -2.19. The topological polar surface area (TPSA) is 77.2 Å². The number of amides is 1. The fraction of sp³-hybridized carbons (Fsp3) is 0.600. The molecule has 2 unspecified atom stereocenters.